The minimum absolute atomic E-state index is 0.0228. The number of carboxylic acid groups (broad SMARTS) is 1. The molecule has 2 aromatic carbocycles. The molecule has 0 saturated heterocycles. The van der Waals surface area contributed by atoms with Gasteiger partial charge in [-0.3, -0.25) is 0 Å². The fourth-order valence-electron chi connectivity index (χ4n) is 2.08. The van der Waals surface area contributed by atoms with E-state index in [0.717, 1.165) is 5.75 Å². The van der Waals surface area contributed by atoms with Crippen molar-refractivity contribution in [3.05, 3.63) is 65.9 Å². The van der Waals surface area contributed by atoms with Crippen molar-refractivity contribution in [1.29, 1.82) is 0 Å². The predicted octanol–water partition coefficient (Wildman–Crippen LogP) is 4.42. The van der Waals surface area contributed by atoms with Crippen LogP contribution in [0.1, 0.15) is 16.1 Å². The van der Waals surface area contributed by atoms with Gasteiger partial charge >= 0.3 is 5.97 Å². The van der Waals surface area contributed by atoms with E-state index in [9.17, 15) is 4.79 Å². The molecule has 0 atom stereocenters. The number of hydrogen-bond donors (Lipinski definition) is 1. The molecule has 4 heteroatoms. The molecule has 1 heterocycles. The van der Waals surface area contributed by atoms with Gasteiger partial charge in [0.2, 0.25) is 5.76 Å². The topological polar surface area (TPSA) is 50.4 Å². The first-order valence-electron chi connectivity index (χ1n) is 6.16. The molecule has 0 aliphatic rings. The van der Waals surface area contributed by atoms with Crippen LogP contribution < -0.4 is 0 Å². The predicted molar refractivity (Wildman–Crippen MR) is 79.2 cm³/mol. The van der Waals surface area contributed by atoms with Gasteiger partial charge in [0.25, 0.3) is 0 Å². The lowest BCUT2D eigenvalue weighted by molar-refractivity contribution is 0.0656. The smallest absolute Gasteiger partial charge is 0.371 e. The first-order valence-corrected chi connectivity index (χ1v) is 7.15. The molecule has 0 aliphatic carbocycles. The van der Waals surface area contributed by atoms with Gasteiger partial charge in [0.1, 0.15) is 0 Å². The Morgan fingerprint density at radius 2 is 1.85 bits per heavy atom. The van der Waals surface area contributed by atoms with Gasteiger partial charge in [-0.05, 0) is 28.5 Å². The summed E-state index contributed by atoms with van der Waals surface area (Å²) >= 11 is 1.50. The number of benzene rings is 2. The molecule has 3 rings (SSSR count). The molecule has 0 amide bonds. The molecule has 0 unspecified atom stereocenters. The third kappa shape index (κ3) is 2.56. The summed E-state index contributed by atoms with van der Waals surface area (Å²) in [6.45, 7) is 0. The highest BCUT2D eigenvalue weighted by molar-refractivity contribution is 7.98. The maximum absolute atomic E-state index is 10.8. The van der Waals surface area contributed by atoms with Crippen molar-refractivity contribution in [2.75, 3.05) is 0 Å². The Morgan fingerprint density at radius 1 is 1.05 bits per heavy atom. The van der Waals surface area contributed by atoms with Crippen LogP contribution in [0, 0.1) is 0 Å². The summed E-state index contributed by atoms with van der Waals surface area (Å²) in [4.78, 5) is 10.8. The van der Waals surface area contributed by atoms with E-state index < -0.39 is 5.97 Å². The zero-order valence-electron chi connectivity index (χ0n) is 10.6. The van der Waals surface area contributed by atoms with Crippen LogP contribution in [0.5, 0.6) is 0 Å². The van der Waals surface area contributed by atoms with E-state index in [1.165, 1.54) is 34.2 Å². The molecule has 3 aromatic rings. The molecule has 0 aliphatic heterocycles. The highest BCUT2D eigenvalue weighted by atomic mass is 32.2. The number of furan rings is 1. The molecular formula is C16H12O3S. The summed E-state index contributed by atoms with van der Waals surface area (Å²) < 4.78 is 5.24. The summed E-state index contributed by atoms with van der Waals surface area (Å²) in [7, 11) is 0. The monoisotopic (exact) mass is 284 g/mol. The summed E-state index contributed by atoms with van der Waals surface area (Å²) in [6.07, 6.45) is 0. The number of hydrogen-bond acceptors (Lipinski definition) is 3. The third-order valence-electron chi connectivity index (χ3n) is 3.04. The molecule has 0 radical (unpaired) electrons. The van der Waals surface area contributed by atoms with Crippen LogP contribution in [-0.2, 0) is 5.75 Å². The highest BCUT2D eigenvalue weighted by Gasteiger charge is 2.09. The van der Waals surface area contributed by atoms with E-state index in [1.807, 2.05) is 18.2 Å². The fourth-order valence-corrected chi connectivity index (χ4v) is 2.94. The van der Waals surface area contributed by atoms with E-state index in [1.54, 1.807) is 6.07 Å². The fraction of sp³-hybridized carbons (Fsp3) is 0.0625. The Labute approximate surface area is 120 Å². The Morgan fingerprint density at radius 3 is 2.65 bits per heavy atom. The second-order valence-electron chi connectivity index (χ2n) is 4.35. The second-order valence-corrected chi connectivity index (χ2v) is 5.33. The van der Waals surface area contributed by atoms with E-state index in [-0.39, 0.29) is 5.76 Å². The maximum Gasteiger partial charge on any atom is 0.371 e. The van der Waals surface area contributed by atoms with Gasteiger partial charge in [-0.1, -0.05) is 54.2 Å². The standard InChI is InChI=1S/C16H12O3S/c17-16(18)14-8-9-15(19-14)20-10-12-6-3-5-11-4-1-2-7-13(11)12/h1-9H,10H2,(H,17,18). The van der Waals surface area contributed by atoms with Crippen LogP contribution in [0.3, 0.4) is 0 Å². The molecule has 1 aromatic heterocycles. The van der Waals surface area contributed by atoms with Gasteiger partial charge in [-0.15, -0.1) is 0 Å². The van der Waals surface area contributed by atoms with Gasteiger partial charge in [-0.25, -0.2) is 4.79 Å². The lowest BCUT2D eigenvalue weighted by atomic mass is 10.1. The van der Waals surface area contributed by atoms with Crippen LogP contribution in [0.2, 0.25) is 0 Å². The lowest BCUT2D eigenvalue weighted by Gasteiger charge is -2.05. The zero-order chi connectivity index (χ0) is 13.9. The van der Waals surface area contributed by atoms with Crippen LogP contribution in [0.4, 0.5) is 0 Å². The highest BCUT2D eigenvalue weighted by Crippen LogP contribution is 2.28. The summed E-state index contributed by atoms with van der Waals surface area (Å²) in [6, 6.07) is 17.6. The Bertz CT molecular complexity index is 756. The number of rotatable bonds is 4. The molecule has 0 saturated carbocycles. The first kappa shape index (κ1) is 12.8. The Hall–Kier alpha value is -2.20. The van der Waals surface area contributed by atoms with Crippen molar-refractivity contribution in [3.63, 3.8) is 0 Å². The van der Waals surface area contributed by atoms with Crippen molar-refractivity contribution in [2.45, 2.75) is 10.8 Å². The SMILES string of the molecule is O=C(O)c1ccc(SCc2cccc3ccccc23)o1. The van der Waals surface area contributed by atoms with Crippen molar-refractivity contribution < 1.29 is 14.3 Å². The van der Waals surface area contributed by atoms with E-state index >= 15 is 0 Å². The first-order chi connectivity index (χ1) is 9.74. The van der Waals surface area contributed by atoms with Gasteiger partial charge in [-0.2, -0.15) is 0 Å². The van der Waals surface area contributed by atoms with E-state index in [2.05, 4.69) is 24.3 Å². The Balaban J connectivity index is 1.81. The Kier molecular flexibility index (Phi) is 3.48. The number of aromatic carboxylic acids is 1. The lowest BCUT2D eigenvalue weighted by Crippen LogP contribution is -1.91. The minimum Gasteiger partial charge on any atom is -0.475 e. The molecule has 100 valence electrons. The second kappa shape index (κ2) is 5.43. The number of carboxylic acids is 1. The number of carbonyl (C=O) groups is 1. The maximum atomic E-state index is 10.8. The van der Waals surface area contributed by atoms with Gasteiger partial charge in [0.15, 0.2) is 5.09 Å². The average molecular weight is 284 g/mol. The summed E-state index contributed by atoms with van der Waals surface area (Å²) in [5, 5.41) is 11.9. The van der Waals surface area contributed by atoms with E-state index in [4.69, 9.17) is 9.52 Å². The molecule has 0 spiro atoms. The van der Waals surface area contributed by atoms with Crippen molar-refractivity contribution in [3.8, 4) is 0 Å². The largest absolute Gasteiger partial charge is 0.475 e. The van der Waals surface area contributed by atoms with Crippen LogP contribution in [-0.4, -0.2) is 11.1 Å². The van der Waals surface area contributed by atoms with Crippen molar-refractivity contribution in [1.82, 2.24) is 0 Å². The summed E-state index contributed by atoms with van der Waals surface area (Å²) in [5.41, 5.74) is 1.21. The summed E-state index contributed by atoms with van der Waals surface area (Å²) in [5.74, 6) is -0.319. The third-order valence-corrected chi connectivity index (χ3v) is 4.00. The molecule has 20 heavy (non-hydrogen) atoms. The molecule has 3 nitrogen and oxygen atoms in total. The van der Waals surface area contributed by atoms with Crippen molar-refractivity contribution in [2.24, 2.45) is 0 Å². The normalized spacial score (nSPS) is 10.8. The van der Waals surface area contributed by atoms with Crippen LogP contribution >= 0.6 is 11.8 Å². The van der Waals surface area contributed by atoms with E-state index in [0.29, 0.717) is 5.09 Å². The molecule has 0 fully saturated rings. The molecule has 1 N–H and O–H groups in total. The van der Waals surface area contributed by atoms with Gasteiger partial charge < -0.3 is 9.52 Å². The number of fused-ring (bicyclic) bond motifs is 1. The zero-order valence-corrected chi connectivity index (χ0v) is 11.4. The minimum atomic E-state index is -1.04. The molecule has 0 bridgehead atoms. The van der Waals surface area contributed by atoms with Crippen LogP contribution in [0.15, 0.2) is 64.1 Å². The quantitative estimate of drug-likeness (QED) is 0.720. The number of thioether (sulfide) groups is 1. The molecular weight excluding hydrogens is 272 g/mol. The average Bonchev–Trinajstić information content (AvgIpc) is 2.94. The van der Waals surface area contributed by atoms with Gasteiger partial charge in [0, 0.05) is 5.75 Å². The van der Waals surface area contributed by atoms with Gasteiger partial charge in [0.05, 0.1) is 0 Å². The van der Waals surface area contributed by atoms with Crippen LogP contribution in [0.25, 0.3) is 10.8 Å². The van der Waals surface area contributed by atoms with Crippen molar-refractivity contribution >= 4 is 28.5 Å².